The Balaban J connectivity index is 0.888. The number of para-hydroxylation sites is 3. The fourth-order valence-corrected chi connectivity index (χ4v) is 9.70. The SMILES string of the molecule is c1ccc(-c2ccc3ccccc3c2)c(-c2ccc(N(c3ccc(-c4ccc(-c5ccccc5-n5c6ccccc6c6ccccc65)cc4)cc3)c3cccc4ccccc34)cc2)c1. The Kier molecular flexibility index (Phi) is 9.20. The van der Waals surface area contributed by atoms with Gasteiger partial charge in [0.25, 0.3) is 0 Å². The summed E-state index contributed by atoms with van der Waals surface area (Å²) in [5, 5.41) is 7.44. The molecule has 0 radical (unpaired) electrons. The van der Waals surface area contributed by atoms with Crippen LogP contribution < -0.4 is 4.90 Å². The lowest BCUT2D eigenvalue weighted by molar-refractivity contribution is 1.18. The highest BCUT2D eigenvalue weighted by Gasteiger charge is 2.18. The van der Waals surface area contributed by atoms with E-state index in [0.717, 1.165) is 17.1 Å². The third-order valence-electron chi connectivity index (χ3n) is 12.8. The standard InChI is InChI=1S/C62H42N2/c1-2-16-49-42-50(33-30-43(49)14-1)54-19-6-5-18-53(54)47-36-40-52(41-37-47)63(59-27-13-17-46-15-3-4-20-55(46)59)51-38-34-45(35-39-51)44-28-31-48(32-29-44)56-21-7-10-24-60(56)64-61-25-11-8-22-57(61)58-23-9-12-26-62(58)64/h1-42H. The van der Waals surface area contributed by atoms with Crippen molar-refractivity contribution in [3.05, 3.63) is 255 Å². The molecule has 0 saturated heterocycles. The van der Waals surface area contributed by atoms with Crippen LogP contribution >= 0.6 is 0 Å². The van der Waals surface area contributed by atoms with Crippen molar-refractivity contribution in [2.24, 2.45) is 0 Å². The van der Waals surface area contributed by atoms with Gasteiger partial charge in [0.05, 0.1) is 22.4 Å². The zero-order chi connectivity index (χ0) is 42.4. The molecule has 1 aromatic heterocycles. The first-order valence-electron chi connectivity index (χ1n) is 22.0. The minimum absolute atomic E-state index is 1.10. The number of benzene rings is 11. The maximum Gasteiger partial charge on any atom is 0.0541 e. The molecule has 12 aromatic rings. The predicted octanol–water partition coefficient (Wildman–Crippen LogP) is 17.2. The average molecular weight is 815 g/mol. The molecule has 0 aliphatic carbocycles. The van der Waals surface area contributed by atoms with Gasteiger partial charge in [-0.15, -0.1) is 0 Å². The van der Waals surface area contributed by atoms with E-state index in [0.29, 0.717) is 0 Å². The van der Waals surface area contributed by atoms with Crippen LogP contribution in [0.15, 0.2) is 255 Å². The second kappa shape index (κ2) is 15.8. The molecular weight excluding hydrogens is 773 g/mol. The molecule has 0 bridgehead atoms. The second-order valence-electron chi connectivity index (χ2n) is 16.5. The van der Waals surface area contributed by atoms with Crippen LogP contribution in [-0.4, -0.2) is 4.57 Å². The molecule has 0 aliphatic rings. The fraction of sp³-hybridized carbons (Fsp3) is 0. The Morgan fingerprint density at radius 2 is 0.703 bits per heavy atom. The first-order valence-corrected chi connectivity index (χ1v) is 22.0. The summed E-state index contributed by atoms with van der Waals surface area (Å²) in [6.07, 6.45) is 0. The first kappa shape index (κ1) is 37.3. The Bertz CT molecular complexity index is 3590. The van der Waals surface area contributed by atoms with Crippen molar-refractivity contribution in [2.75, 3.05) is 4.90 Å². The number of fused-ring (bicyclic) bond motifs is 5. The lowest BCUT2D eigenvalue weighted by atomic mass is 9.93. The first-order chi connectivity index (χ1) is 31.7. The zero-order valence-corrected chi connectivity index (χ0v) is 35.1. The van der Waals surface area contributed by atoms with Crippen LogP contribution in [0.1, 0.15) is 0 Å². The molecule has 300 valence electrons. The van der Waals surface area contributed by atoms with Gasteiger partial charge in [0.2, 0.25) is 0 Å². The molecular formula is C62H42N2. The van der Waals surface area contributed by atoms with Gasteiger partial charge in [0.1, 0.15) is 0 Å². The van der Waals surface area contributed by atoms with Gasteiger partial charge in [-0.25, -0.2) is 0 Å². The minimum Gasteiger partial charge on any atom is -0.310 e. The van der Waals surface area contributed by atoms with Gasteiger partial charge in [-0.05, 0) is 110 Å². The van der Waals surface area contributed by atoms with Crippen LogP contribution in [0.2, 0.25) is 0 Å². The topological polar surface area (TPSA) is 8.17 Å². The maximum atomic E-state index is 2.41. The Labute approximate surface area is 373 Å². The smallest absolute Gasteiger partial charge is 0.0541 e. The summed E-state index contributed by atoms with van der Waals surface area (Å²) in [6.45, 7) is 0. The minimum atomic E-state index is 1.10. The van der Waals surface area contributed by atoms with Crippen molar-refractivity contribution >= 4 is 60.4 Å². The van der Waals surface area contributed by atoms with E-state index < -0.39 is 0 Å². The number of aromatic nitrogens is 1. The van der Waals surface area contributed by atoms with Crippen molar-refractivity contribution in [3.8, 4) is 50.2 Å². The van der Waals surface area contributed by atoms with Gasteiger partial charge in [-0.1, -0.05) is 200 Å². The average Bonchev–Trinajstić information content (AvgIpc) is 3.71. The van der Waals surface area contributed by atoms with Gasteiger partial charge in [0, 0.05) is 33.1 Å². The number of hydrogen-bond acceptors (Lipinski definition) is 1. The largest absolute Gasteiger partial charge is 0.310 e. The number of anilines is 3. The lowest BCUT2D eigenvalue weighted by Gasteiger charge is -2.27. The third kappa shape index (κ3) is 6.52. The molecule has 64 heavy (non-hydrogen) atoms. The molecule has 0 N–H and O–H groups in total. The van der Waals surface area contributed by atoms with Crippen LogP contribution in [0.4, 0.5) is 17.1 Å². The van der Waals surface area contributed by atoms with Crippen molar-refractivity contribution in [1.82, 2.24) is 4.57 Å². The van der Waals surface area contributed by atoms with Gasteiger partial charge < -0.3 is 9.47 Å². The lowest BCUT2D eigenvalue weighted by Crippen LogP contribution is -2.10. The summed E-state index contributed by atoms with van der Waals surface area (Å²) in [4.78, 5) is 2.39. The van der Waals surface area contributed by atoms with Crippen LogP contribution in [0.5, 0.6) is 0 Å². The summed E-state index contributed by atoms with van der Waals surface area (Å²) < 4.78 is 2.41. The van der Waals surface area contributed by atoms with E-state index in [1.165, 1.54) is 93.5 Å². The van der Waals surface area contributed by atoms with Gasteiger partial charge >= 0.3 is 0 Å². The molecule has 12 rings (SSSR count). The predicted molar refractivity (Wildman–Crippen MR) is 272 cm³/mol. The van der Waals surface area contributed by atoms with E-state index in [1.54, 1.807) is 0 Å². The van der Waals surface area contributed by atoms with E-state index in [1.807, 2.05) is 0 Å². The molecule has 0 aliphatic heterocycles. The van der Waals surface area contributed by atoms with Crippen molar-refractivity contribution in [2.45, 2.75) is 0 Å². The quantitative estimate of drug-likeness (QED) is 0.148. The van der Waals surface area contributed by atoms with E-state index in [9.17, 15) is 0 Å². The van der Waals surface area contributed by atoms with Crippen molar-refractivity contribution < 1.29 is 0 Å². The molecule has 0 fully saturated rings. The molecule has 11 aromatic carbocycles. The van der Waals surface area contributed by atoms with E-state index >= 15 is 0 Å². The Hall–Kier alpha value is -8.46. The van der Waals surface area contributed by atoms with Gasteiger partial charge in [-0.3, -0.25) is 0 Å². The van der Waals surface area contributed by atoms with Crippen LogP contribution in [0.25, 0.3) is 93.5 Å². The molecule has 0 atom stereocenters. The monoisotopic (exact) mass is 814 g/mol. The molecule has 0 saturated carbocycles. The van der Waals surface area contributed by atoms with E-state index in [2.05, 4.69) is 264 Å². The van der Waals surface area contributed by atoms with E-state index in [4.69, 9.17) is 0 Å². The third-order valence-corrected chi connectivity index (χ3v) is 12.8. The molecule has 1 heterocycles. The Morgan fingerprint density at radius 3 is 1.38 bits per heavy atom. The normalized spacial score (nSPS) is 11.4. The second-order valence-corrected chi connectivity index (χ2v) is 16.5. The highest BCUT2D eigenvalue weighted by molar-refractivity contribution is 6.10. The van der Waals surface area contributed by atoms with Crippen LogP contribution in [0.3, 0.4) is 0 Å². The van der Waals surface area contributed by atoms with E-state index in [-0.39, 0.29) is 0 Å². The number of nitrogens with zero attached hydrogens (tertiary/aromatic N) is 2. The summed E-state index contributed by atoms with van der Waals surface area (Å²) in [5.74, 6) is 0. The van der Waals surface area contributed by atoms with Crippen molar-refractivity contribution in [1.29, 1.82) is 0 Å². The summed E-state index contributed by atoms with van der Waals surface area (Å²) in [5.41, 5.74) is 16.5. The molecule has 2 heteroatoms. The van der Waals surface area contributed by atoms with Crippen LogP contribution in [0, 0.1) is 0 Å². The maximum absolute atomic E-state index is 2.41. The molecule has 0 unspecified atom stereocenters. The van der Waals surface area contributed by atoms with Crippen molar-refractivity contribution in [3.63, 3.8) is 0 Å². The highest BCUT2D eigenvalue weighted by Crippen LogP contribution is 2.42. The molecule has 0 spiro atoms. The summed E-state index contributed by atoms with van der Waals surface area (Å²) >= 11 is 0. The van der Waals surface area contributed by atoms with Gasteiger partial charge in [-0.2, -0.15) is 0 Å². The number of rotatable bonds is 8. The van der Waals surface area contributed by atoms with Gasteiger partial charge in [0.15, 0.2) is 0 Å². The highest BCUT2D eigenvalue weighted by atomic mass is 15.1. The summed E-state index contributed by atoms with van der Waals surface area (Å²) in [6, 6.07) is 92.6. The molecule has 0 amide bonds. The van der Waals surface area contributed by atoms with Crippen LogP contribution in [-0.2, 0) is 0 Å². The fourth-order valence-electron chi connectivity index (χ4n) is 9.70. The zero-order valence-electron chi connectivity index (χ0n) is 35.1. The molecule has 2 nitrogen and oxygen atoms in total. The summed E-state index contributed by atoms with van der Waals surface area (Å²) in [7, 11) is 0. The Morgan fingerprint density at radius 1 is 0.266 bits per heavy atom. The number of hydrogen-bond donors (Lipinski definition) is 0.